The fourth-order valence-electron chi connectivity index (χ4n) is 4.81. The summed E-state index contributed by atoms with van der Waals surface area (Å²) >= 11 is 0. The van der Waals surface area contributed by atoms with Gasteiger partial charge in [-0.1, -0.05) is 30.3 Å². The minimum atomic E-state index is -0.300. The Morgan fingerprint density at radius 3 is 2.42 bits per heavy atom. The van der Waals surface area contributed by atoms with E-state index in [1.165, 1.54) is 5.39 Å². The van der Waals surface area contributed by atoms with Crippen molar-refractivity contribution in [2.75, 3.05) is 31.7 Å². The van der Waals surface area contributed by atoms with Crippen LogP contribution in [0.5, 0.6) is 5.75 Å². The number of ether oxygens (including phenoxy) is 2. The maximum atomic E-state index is 9.80. The third kappa shape index (κ3) is 5.22. The maximum absolute atomic E-state index is 9.80. The highest BCUT2D eigenvalue weighted by atomic mass is 16.5. The Labute approximate surface area is 212 Å². The second-order valence-electron chi connectivity index (χ2n) is 9.58. The molecule has 7 heteroatoms. The first-order chi connectivity index (χ1) is 17.5. The van der Waals surface area contributed by atoms with Crippen molar-refractivity contribution < 1.29 is 14.6 Å². The molecule has 3 aromatic carbocycles. The number of aliphatic hydroxyl groups excluding tert-OH is 1. The molecule has 4 aromatic rings. The van der Waals surface area contributed by atoms with Gasteiger partial charge in [-0.05, 0) is 73.9 Å². The molecule has 2 heterocycles. The number of aromatic nitrogens is 3. The molecule has 2 atom stereocenters. The molecule has 1 N–H and O–H groups in total. The van der Waals surface area contributed by atoms with E-state index in [0.717, 1.165) is 54.1 Å². The third-order valence-corrected chi connectivity index (χ3v) is 6.84. The smallest absolute Gasteiger partial charge is 0.181 e. The molecule has 1 saturated heterocycles. The lowest BCUT2D eigenvalue weighted by molar-refractivity contribution is 0.145. The highest BCUT2D eigenvalue weighted by molar-refractivity contribution is 5.83. The van der Waals surface area contributed by atoms with Crippen LogP contribution in [0.4, 0.5) is 5.69 Å². The molecule has 0 aliphatic carbocycles. The van der Waals surface area contributed by atoms with Crippen molar-refractivity contribution in [2.45, 2.75) is 44.9 Å². The number of piperidine rings is 1. The van der Waals surface area contributed by atoms with Crippen molar-refractivity contribution in [2.24, 2.45) is 0 Å². The molecule has 1 aliphatic heterocycles. The highest BCUT2D eigenvalue weighted by Crippen LogP contribution is 2.29. The molecule has 1 fully saturated rings. The van der Waals surface area contributed by atoms with E-state index in [0.29, 0.717) is 12.4 Å². The van der Waals surface area contributed by atoms with Gasteiger partial charge in [-0.2, -0.15) is 5.10 Å². The summed E-state index contributed by atoms with van der Waals surface area (Å²) in [6, 6.07) is 22.8. The van der Waals surface area contributed by atoms with Crippen LogP contribution in [0.2, 0.25) is 0 Å². The molecule has 1 aromatic heterocycles. The number of hydrogen-bond donors (Lipinski definition) is 1. The molecule has 1 unspecified atom stereocenters. The van der Waals surface area contributed by atoms with Crippen molar-refractivity contribution >= 4 is 16.5 Å². The van der Waals surface area contributed by atoms with Gasteiger partial charge in [0, 0.05) is 31.5 Å². The minimum Gasteiger partial charge on any atom is -0.483 e. The summed E-state index contributed by atoms with van der Waals surface area (Å²) in [5.74, 6) is 2.23. The Morgan fingerprint density at radius 2 is 1.69 bits per heavy atom. The zero-order valence-corrected chi connectivity index (χ0v) is 21.2. The number of rotatable bonds is 8. The lowest BCUT2D eigenvalue weighted by Gasteiger charge is -2.31. The topological polar surface area (TPSA) is 72.6 Å². The summed E-state index contributed by atoms with van der Waals surface area (Å²) in [5, 5.41) is 17.0. The Kier molecular flexibility index (Phi) is 7.20. The molecule has 0 saturated carbocycles. The molecule has 0 amide bonds. The number of nitrogens with zero attached hydrogens (tertiary/aromatic N) is 4. The van der Waals surface area contributed by atoms with E-state index >= 15 is 0 Å². The van der Waals surface area contributed by atoms with Gasteiger partial charge in [0.2, 0.25) is 0 Å². The van der Waals surface area contributed by atoms with Gasteiger partial charge in [-0.3, -0.25) is 0 Å². The number of anilines is 1. The molecule has 5 rings (SSSR count). The third-order valence-electron chi connectivity index (χ3n) is 6.84. The Balaban J connectivity index is 1.40. The fraction of sp³-hybridized carbons (Fsp3) is 0.379. The Bertz CT molecular complexity index is 1300. The van der Waals surface area contributed by atoms with Gasteiger partial charge in [-0.15, -0.1) is 0 Å². The van der Waals surface area contributed by atoms with E-state index in [2.05, 4.69) is 60.4 Å². The fourth-order valence-corrected chi connectivity index (χ4v) is 4.81. The van der Waals surface area contributed by atoms with Gasteiger partial charge in [0.25, 0.3) is 0 Å². The molecular formula is C29H34N4O3. The largest absolute Gasteiger partial charge is 0.483 e. The van der Waals surface area contributed by atoms with E-state index in [1.54, 1.807) is 7.11 Å². The highest BCUT2D eigenvalue weighted by Gasteiger charge is 2.23. The second kappa shape index (κ2) is 10.7. The van der Waals surface area contributed by atoms with Crippen LogP contribution in [0.25, 0.3) is 22.2 Å². The predicted molar refractivity (Wildman–Crippen MR) is 142 cm³/mol. The van der Waals surface area contributed by atoms with Gasteiger partial charge in [0.1, 0.15) is 5.75 Å². The van der Waals surface area contributed by atoms with Crippen LogP contribution in [0.3, 0.4) is 0 Å². The summed E-state index contributed by atoms with van der Waals surface area (Å²) in [7, 11) is 1.70. The summed E-state index contributed by atoms with van der Waals surface area (Å²) in [6.07, 6.45) is 1.14. The van der Waals surface area contributed by atoms with E-state index < -0.39 is 0 Å². The van der Waals surface area contributed by atoms with Crippen molar-refractivity contribution in [3.8, 4) is 17.1 Å². The molecular weight excluding hydrogens is 452 g/mol. The first-order valence-corrected chi connectivity index (χ1v) is 12.7. The number of fused-ring (bicyclic) bond motifs is 1. The van der Waals surface area contributed by atoms with Crippen molar-refractivity contribution in [1.82, 2.24) is 14.8 Å². The summed E-state index contributed by atoms with van der Waals surface area (Å²) in [5.41, 5.74) is 2.12. The molecule has 0 radical (unpaired) electrons. The minimum absolute atomic E-state index is 0.00736. The quantitative estimate of drug-likeness (QED) is 0.359. The Morgan fingerprint density at radius 1 is 0.972 bits per heavy atom. The molecule has 36 heavy (non-hydrogen) atoms. The lowest BCUT2D eigenvalue weighted by Crippen LogP contribution is -2.35. The number of methoxy groups -OCH3 is 1. The van der Waals surface area contributed by atoms with Crippen molar-refractivity contribution in [3.05, 3.63) is 72.6 Å². The standard InChI is InChI=1S/C29H34N4O3/c1-20(19-35-3)33-29(21(2)36-27-13-10-22-6-4-5-7-24(22)18-27)30-28(31-33)23-8-11-25(12-9-23)32-16-14-26(34)15-17-32/h4-13,18,20-21,26,34H,14-17,19H2,1-3H3/t20?,21-/m0/s1. The molecule has 188 valence electrons. The van der Waals surface area contributed by atoms with Gasteiger partial charge in [0.15, 0.2) is 17.8 Å². The Hall–Kier alpha value is -3.42. The number of benzene rings is 3. The van der Waals surface area contributed by atoms with Crippen molar-refractivity contribution in [1.29, 1.82) is 0 Å². The molecule has 0 spiro atoms. The molecule has 1 aliphatic rings. The van der Waals surface area contributed by atoms with E-state index in [-0.39, 0.29) is 18.2 Å². The SMILES string of the molecule is COCC(C)n1nc(-c2ccc(N3CCC(O)CC3)cc2)nc1[C@H](C)Oc1ccc2ccccc2c1. The average Bonchev–Trinajstić information content (AvgIpc) is 3.35. The van der Waals surface area contributed by atoms with Crippen molar-refractivity contribution in [3.63, 3.8) is 0 Å². The maximum Gasteiger partial charge on any atom is 0.181 e. The second-order valence-corrected chi connectivity index (χ2v) is 9.58. The van der Waals surface area contributed by atoms with Gasteiger partial charge >= 0.3 is 0 Å². The molecule has 0 bridgehead atoms. The van der Waals surface area contributed by atoms with Crippen LogP contribution in [0.1, 0.15) is 44.7 Å². The van der Waals surface area contributed by atoms with Gasteiger partial charge < -0.3 is 19.5 Å². The van der Waals surface area contributed by atoms with Gasteiger partial charge in [0.05, 0.1) is 18.8 Å². The average molecular weight is 487 g/mol. The van der Waals surface area contributed by atoms with Crippen LogP contribution >= 0.6 is 0 Å². The first kappa shape index (κ1) is 24.3. The van der Waals surface area contributed by atoms with Crippen LogP contribution in [-0.2, 0) is 4.74 Å². The number of hydrogen-bond acceptors (Lipinski definition) is 6. The lowest BCUT2D eigenvalue weighted by atomic mass is 10.1. The van der Waals surface area contributed by atoms with E-state index in [1.807, 2.05) is 29.8 Å². The zero-order chi connectivity index (χ0) is 25.1. The normalized spacial score (nSPS) is 16.3. The van der Waals surface area contributed by atoms with Crippen LogP contribution < -0.4 is 9.64 Å². The van der Waals surface area contributed by atoms with Gasteiger partial charge in [-0.25, -0.2) is 9.67 Å². The summed E-state index contributed by atoms with van der Waals surface area (Å²) in [4.78, 5) is 7.23. The van der Waals surface area contributed by atoms with Crippen LogP contribution in [0.15, 0.2) is 66.7 Å². The number of aliphatic hydroxyl groups is 1. The zero-order valence-electron chi connectivity index (χ0n) is 21.2. The first-order valence-electron chi connectivity index (χ1n) is 12.7. The van der Waals surface area contributed by atoms with E-state index in [4.69, 9.17) is 19.6 Å². The van der Waals surface area contributed by atoms with Crippen LogP contribution in [-0.4, -0.2) is 52.8 Å². The monoisotopic (exact) mass is 486 g/mol. The molecule has 7 nitrogen and oxygen atoms in total. The predicted octanol–water partition coefficient (Wildman–Crippen LogP) is 5.41. The van der Waals surface area contributed by atoms with E-state index in [9.17, 15) is 5.11 Å². The van der Waals surface area contributed by atoms with Crippen LogP contribution in [0, 0.1) is 0 Å². The summed E-state index contributed by atoms with van der Waals surface area (Å²) in [6.45, 7) is 6.35. The summed E-state index contributed by atoms with van der Waals surface area (Å²) < 4.78 is 13.7.